The molecule has 2 aromatic carbocycles. The molecule has 1 aliphatic heterocycles. The van der Waals surface area contributed by atoms with E-state index >= 15 is 0 Å². The van der Waals surface area contributed by atoms with Crippen LogP contribution in [0.15, 0.2) is 48.5 Å². The quantitative estimate of drug-likeness (QED) is 0.761. The molecule has 2 amide bonds. The van der Waals surface area contributed by atoms with Crippen LogP contribution >= 0.6 is 0 Å². The number of piperidine rings is 1. The Balaban J connectivity index is 1.47. The number of nitrogens with zero attached hydrogens (tertiary/aromatic N) is 1. The number of hydrogen-bond donors (Lipinski definition) is 2. The van der Waals surface area contributed by atoms with Gasteiger partial charge in [-0.3, -0.25) is 9.59 Å². The Morgan fingerprint density at radius 3 is 2.33 bits per heavy atom. The first-order chi connectivity index (χ1) is 14.3. The van der Waals surface area contributed by atoms with Gasteiger partial charge in [0.25, 0.3) is 11.8 Å². The second-order valence-electron chi connectivity index (χ2n) is 8.11. The van der Waals surface area contributed by atoms with Crippen LogP contribution in [-0.4, -0.2) is 47.1 Å². The number of carbonyl (C=O) groups excluding carboxylic acids is 2. The molecule has 1 atom stereocenters. The van der Waals surface area contributed by atoms with Gasteiger partial charge in [0, 0.05) is 24.7 Å². The lowest BCUT2D eigenvalue weighted by Gasteiger charge is -2.33. The number of phenolic OH excluding ortho intramolecular Hbond substituents is 1. The first-order valence-corrected chi connectivity index (χ1v) is 10.5. The highest BCUT2D eigenvalue weighted by atomic mass is 16.5. The maximum atomic E-state index is 12.6. The van der Waals surface area contributed by atoms with Crippen molar-refractivity contribution in [1.29, 1.82) is 0 Å². The van der Waals surface area contributed by atoms with E-state index in [1.54, 1.807) is 30.0 Å². The fourth-order valence-electron chi connectivity index (χ4n) is 3.56. The first-order valence-electron chi connectivity index (χ1n) is 10.5. The average Bonchev–Trinajstić information content (AvgIpc) is 2.74. The van der Waals surface area contributed by atoms with Crippen LogP contribution in [0, 0.1) is 0 Å². The molecule has 30 heavy (non-hydrogen) atoms. The fraction of sp³-hybridized carbons (Fsp3) is 0.417. The molecule has 0 aromatic heterocycles. The third-order valence-electron chi connectivity index (χ3n) is 5.45. The molecular weight excluding hydrogens is 380 g/mol. The lowest BCUT2D eigenvalue weighted by molar-refractivity contribution is -0.128. The lowest BCUT2D eigenvalue weighted by Crippen LogP contribution is -2.49. The summed E-state index contributed by atoms with van der Waals surface area (Å²) in [5, 5.41) is 12.6. The number of phenols is 1. The molecule has 0 bridgehead atoms. The lowest BCUT2D eigenvalue weighted by atomic mass is 10.0. The van der Waals surface area contributed by atoms with Crippen LogP contribution in [0.5, 0.6) is 11.5 Å². The molecule has 1 saturated heterocycles. The number of amides is 2. The summed E-state index contributed by atoms with van der Waals surface area (Å²) in [4.78, 5) is 26.8. The summed E-state index contributed by atoms with van der Waals surface area (Å²) in [7, 11) is 0. The van der Waals surface area contributed by atoms with Gasteiger partial charge in [-0.1, -0.05) is 32.0 Å². The second-order valence-corrected chi connectivity index (χ2v) is 8.11. The number of rotatable bonds is 6. The topological polar surface area (TPSA) is 78.9 Å². The van der Waals surface area contributed by atoms with Gasteiger partial charge in [0.05, 0.1) is 0 Å². The number of benzene rings is 2. The van der Waals surface area contributed by atoms with Crippen molar-refractivity contribution in [1.82, 2.24) is 10.2 Å². The predicted molar refractivity (Wildman–Crippen MR) is 116 cm³/mol. The Bertz CT molecular complexity index is 871. The van der Waals surface area contributed by atoms with Crippen LogP contribution in [0.3, 0.4) is 0 Å². The van der Waals surface area contributed by atoms with E-state index in [0.29, 0.717) is 43.2 Å². The Morgan fingerprint density at radius 2 is 1.73 bits per heavy atom. The van der Waals surface area contributed by atoms with Crippen LogP contribution in [0.25, 0.3) is 0 Å². The summed E-state index contributed by atoms with van der Waals surface area (Å²) in [6.07, 6.45) is 0.778. The van der Waals surface area contributed by atoms with Crippen molar-refractivity contribution in [3.8, 4) is 11.5 Å². The average molecular weight is 411 g/mol. The maximum absolute atomic E-state index is 12.6. The van der Waals surface area contributed by atoms with Gasteiger partial charge in [0.1, 0.15) is 11.5 Å². The Labute approximate surface area is 177 Å². The molecule has 3 rings (SSSR count). The van der Waals surface area contributed by atoms with Crippen molar-refractivity contribution < 1.29 is 19.4 Å². The summed E-state index contributed by atoms with van der Waals surface area (Å²) in [5.41, 5.74) is 1.70. The standard InChI is InChI=1S/C24H30N2O4/c1-16(2)18-7-9-22(10-8-18)30-17(3)23(28)25-20-11-13-26(14-12-20)24(29)19-5-4-6-21(27)15-19/h4-10,15-17,20,27H,11-14H2,1-3H3,(H,25,28). The molecule has 1 heterocycles. The van der Waals surface area contributed by atoms with Gasteiger partial charge in [-0.2, -0.15) is 0 Å². The zero-order chi connectivity index (χ0) is 21.7. The summed E-state index contributed by atoms with van der Waals surface area (Å²) >= 11 is 0. The van der Waals surface area contributed by atoms with Crippen LogP contribution in [-0.2, 0) is 4.79 Å². The fourth-order valence-corrected chi connectivity index (χ4v) is 3.56. The smallest absolute Gasteiger partial charge is 0.260 e. The molecular formula is C24H30N2O4. The highest BCUT2D eigenvalue weighted by Gasteiger charge is 2.26. The highest BCUT2D eigenvalue weighted by molar-refractivity contribution is 5.94. The molecule has 1 aliphatic rings. The third kappa shape index (κ3) is 5.53. The van der Waals surface area contributed by atoms with Crippen molar-refractivity contribution >= 4 is 11.8 Å². The number of likely N-dealkylation sites (tertiary alicyclic amines) is 1. The Morgan fingerprint density at radius 1 is 1.07 bits per heavy atom. The van der Waals surface area contributed by atoms with Gasteiger partial charge < -0.3 is 20.1 Å². The molecule has 1 unspecified atom stereocenters. The van der Waals surface area contributed by atoms with Crippen molar-refractivity contribution in [2.75, 3.05) is 13.1 Å². The monoisotopic (exact) mass is 410 g/mol. The van der Waals surface area contributed by atoms with Gasteiger partial charge in [0.15, 0.2) is 6.10 Å². The minimum absolute atomic E-state index is 0.0140. The SMILES string of the molecule is CC(Oc1ccc(C(C)C)cc1)C(=O)NC1CCN(C(=O)c2cccc(O)c2)CC1. The number of ether oxygens (including phenoxy) is 1. The second kappa shape index (κ2) is 9.65. The molecule has 0 aliphatic carbocycles. The Hall–Kier alpha value is -3.02. The normalized spacial score (nSPS) is 15.7. The summed E-state index contributed by atoms with van der Waals surface area (Å²) < 4.78 is 5.78. The van der Waals surface area contributed by atoms with Crippen molar-refractivity contribution in [3.05, 3.63) is 59.7 Å². The van der Waals surface area contributed by atoms with E-state index in [1.165, 1.54) is 11.6 Å². The molecule has 2 aromatic rings. The molecule has 2 N–H and O–H groups in total. The number of hydrogen-bond acceptors (Lipinski definition) is 4. The van der Waals surface area contributed by atoms with Gasteiger partial charge in [-0.05, 0) is 61.6 Å². The van der Waals surface area contributed by atoms with E-state index in [4.69, 9.17) is 4.74 Å². The summed E-state index contributed by atoms with van der Waals surface area (Å²) in [6, 6.07) is 14.2. The summed E-state index contributed by atoms with van der Waals surface area (Å²) in [6.45, 7) is 7.13. The largest absolute Gasteiger partial charge is 0.508 e. The van der Waals surface area contributed by atoms with Crippen molar-refractivity contribution in [2.45, 2.75) is 51.7 Å². The molecule has 160 valence electrons. The van der Waals surface area contributed by atoms with E-state index < -0.39 is 6.10 Å². The number of aromatic hydroxyl groups is 1. The zero-order valence-electron chi connectivity index (χ0n) is 17.8. The number of carbonyl (C=O) groups is 2. The molecule has 6 heteroatoms. The van der Waals surface area contributed by atoms with Crippen LogP contribution in [0.1, 0.15) is 55.5 Å². The van der Waals surface area contributed by atoms with E-state index in [-0.39, 0.29) is 23.6 Å². The minimum atomic E-state index is -0.596. The van der Waals surface area contributed by atoms with E-state index in [2.05, 4.69) is 19.2 Å². The van der Waals surface area contributed by atoms with Crippen molar-refractivity contribution in [2.24, 2.45) is 0 Å². The highest BCUT2D eigenvalue weighted by Crippen LogP contribution is 2.20. The molecule has 0 saturated carbocycles. The minimum Gasteiger partial charge on any atom is -0.508 e. The first kappa shape index (κ1) is 21.7. The van der Waals surface area contributed by atoms with Crippen LogP contribution in [0.4, 0.5) is 0 Å². The molecule has 0 radical (unpaired) electrons. The summed E-state index contributed by atoms with van der Waals surface area (Å²) in [5.74, 6) is 0.951. The van der Waals surface area contributed by atoms with E-state index in [1.807, 2.05) is 24.3 Å². The van der Waals surface area contributed by atoms with Crippen LogP contribution in [0.2, 0.25) is 0 Å². The molecule has 1 fully saturated rings. The van der Waals surface area contributed by atoms with E-state index in [9.17, 15) is 14.7 Å². The zero-order valence-corrected chi connectivity index (χ0v) is 17.8. The van der Waals surface area contributed by atoms with Crippen LogP contribution < -0.4 is 10.1 Å². The van der Waals surface area contributed by atoms with Gasteiger partial charge >= 0.3 is 0 Å². The van der Waals surface area contributed by atoms with Gasteiger partial charge in [-0.25, -0.2) is 0 Å². The van der Waals surface area contributed by atoms with E-state index in [0.717, 1.165) is 0 Å². The Kier molecular flexibility index (Phi) is 6.98. The molecule has 6 nitrogen and oxygen atoms in total. The van der Waals surface area contributed by atoms with Crippen molar-refractivity contribution in [3.63, 3.8) is 0 Å². The van der Waals surface area contributed by atoms with Gasteiger partial charge in [0.2, 0.25) is 0 Å². The van der Waals surface area contributed by atoms with Gasteiger partial charge in [-0.15, -0.1) is 0 Å². The predicted octanol–water partition coefficient (Wildman–Crippen LogP) is 3.70. The third-order valence-corrected chi connectivity index (χ3v) is 5.45. The maximum Gasteiger partial charge on any atom is 0.260 e. The molecule has 0 spiro atoms. The number of nitrogens with one attached hydrogen (secondary N) is 1.